The van der Waals surface area contributed by atoms with E-state index in [-0.39, 0.29) is 29.9 Å². The number of hydrogen-bond acceptors (Lipinski definition) is 9. The lowest BCUT2D eigenvalue weighted by Crippen LogP contribution is -2.09. The van der Waals surface area contributed by atoms with Crippen molar-refractivity contribution in [3.8, 4) is 5.88 Å². The van der Waals surface area contributed by atoms with E-state index in [1.54, 1.807) is 13.8 Å². The average Bonchev–Trinajstić information content (AvgIpc) is 2.38. The molecule has 0 fully saturated rings. The summed E-state index contributed by atoms with van der Waals surface area (Å²) in [6.07, 6.45) is 1.04. The molecule has 4 N–H and O–H groups in total. The van der Waals surface area contributed by atoms with Crippen LogP contribution in [0.4, 0.5) is 5.69 Å². The van der Waals surface area contributed by atoms with Gasteiger partial charge in [-0.15, -0.1) is 10.1 Å². The Balaban J connectivity index is 0. The molecular formula is C10H16N4O8. The molecule has 22 heavy (non-hydrogen) atoms. The van der Waals surface area contributed by atoms with E-state index in [0.717, 1.165) is 12.3 Å². The number of pyridine rings is 1. The maximum atomic E-state index is 11.6. The molecule has 12 nitrogen and oxygen atoms in total. The Labute approximate surface area is 124 Å². The van der Waals surface area contributed by atoms with Gasteiger partial charge in [0.15, 0.2) is 0 Å². The number of aromatic nitrogens is 1. The number of ether oxygens (including phenoxy) is 2. The number of hydrogen-bond donors (Lipinski definition) is 2. The van der Waals surface area contributed by atoms with Crippen molar-refractivity contribution >= 4 is 11.7 Å². The first-order valence-corrected chi connectivity index (χ1v) is 5.61. The highest BCUT2D eigenvalue weighted by atomic mass is 16.9. The molecule has 0 amide bonds. The summed E-state index contributed by atoms with van der Waals surface area (Å²) in [4.78, 5) is 33.6. The van der Waals surface area contributed by atoms with E-state index in [1.165, 1.54) is 0 Å². The Morgan fingerprint density at radius 2 is 1.86 bits per heavy atom. The van der Waals surface area contributed by atoms with Gasteiger partial charge in [0.1, 0.15) is 11.8 Å². The Bertz CT molecular complexity index is 518. The van der Waals surface area contributed by atoms with Crippen LogP contribution in [0.2, 0.25) is 0 Å². The zero-order valence-electron chi connectivity index (χ0n) is 11.9. The minimum atomic E-state index is -1.50. The Morgan fingerprint density at radius 3 is 2.27 bits per heavy atom. The van der Waals surface area contributed by atoms with Crippen molar-refractivity contribution in [2.24, 2.45) is 0 Å². The molecule has 1 heterocycles. The molecule has 12 heteroatoms. The fourth-order valence-electron chi connectivity index (χ4n) is 1.15. The van der Waals surface area contributed by atoms with Crippen molar-refractivity contribution < 1.29 is 29.5 Å². The average molecular weight is 320 g/mol. The van der Waals surface area contributed by atoms with E-state index in [2.05, 4.69) is 4.98 Å². The molecule has 0 saturated heterocycles. The first-order chi connectivity index (χ1) is 9.83. The van der Waals surface area contributed by atoms with E-state index in [1.807, 2.05) is 0 Å². The zero-order valence-corrected chi connectivity index (χ0v) is 11.9. The topological polar surface area (TPSA) is 190 Å². The highest BCUT2D eigenvalue weighted by Crippen LogP contribution is 2.21. The quantitative estimate of drug-likeness (QED) is 0.455. The summed E-state index contributed by atoms with van der Waals surface area (Å²) in [5.41, 5.74) is -0.320. The van der Waals surface area contributed by atoms with Crippen LogP contribution in [-0.4, -0.2) is 39.4 Å². The van der Waals surface area contributed by atoms with E-state index >= 15 is 0 Å². The number of nitro groups is 1. The number of esters is 1. The van der Waals surface area contributed by atoms with Gasteiger partial charge >= 0.3 is 5.97 Å². The number of nitrogens with zero attached hydrogens (tertiary/aromatic N) is 3. The maximum absolute atomic E-state index is 11.6. The molecule has 0 spiro atoms. The fraction of sp³-hybridized carbons (Fsp3) is 0.400. The zero-order chi connectivity index (χ0) is 16.4. The highest BCUT2D eigenvalue weighted by Gasteiger charge is 2.20. The van der Waals surface area contributed by atoms with Crippen LogP contribution in [0.1, 0.15) is 24.2 Å². The molecule has 1 aromatic rings. The lowest BCUT2D eigenvalue weighted by atomic mass is 10.2. The monoisotopic (exact) mass is 320 g/mol. The second-order valence-electron chi connectivity index (χ2n) is 3.19. The third-order valence-electron chi connectivity index (χ3n) is 1.82. The van der Waals surface area contributed by atoms with Crippen LogP contribution in [0, 0.1) is 20.2 Å². The van der Waals surface area contributed by atoms with Crippen LogP contribution in [-0.2, 0) is 4.74 Å². The minimum absolute atomic E-state index is 0. The number of rotatable bonds is 5. The largest absolute Gasteiger partial charge is 0.477 e. The van der Waals surface area contributed by atoms with E-state index in [0.29, 0.717) is 6.61 Å². The second kappa shape index (κ2) is 10.7. The van der Waals surface area contributed by atoms with Crippen LogP contribution in [0.15, 0.2) is 12.3 Å². The SMILES string of the molecule is CCOC(=O)c1cc([N+](=O)[O-])cnc1OCC.N.O=[N+]([O-])O. The Kier molecular flexibility index (Phi) is 10.4. The maximum Gasteiger partial charge on any atom is 0.343 e. The highest BCUT2D eigenvalue weighted by molar-refractivity contribution is 5.92. The van der Waals surface area contributed by atoms with E-state index in [9.17, 15) is 14.9 Å². The van der Waals surface area contributed by atoms with Crippen LogP contribution in [0.5, 0.6) is 5.88 Å². The molecule has 1 rings (SSSR count). The van der Waals surface area contributed by atoms with Crippen LogP contribution >= 0.6 is 0 Å². The van der Waals surface area contributed by atoms with Gasteiger partial charge in [-0.1, -0.05) is 0 Å². The van der Waals surface area contributed by atoms with Crippen LogP contribution in [0.3, 0.4) is 0 Å². The summed E-state index contributed by atoms with van der Waals surface area (Å²) in [7, 11) is 0. The van der Waals surface area contributed by atoms with Gasteiger partial charge in [0.2, 0.25) is 5.88 Å². The molecule has 0 aliphatic rings. The van der Waals surface area contributed by atoms with Crippen molar-refractivity contribution in [2.75, 3.05) is 13.2 Å². The molecule has 0 radical (unpaired) electrons. The van der Waals surface area contributed by atoms with Gasteiger partial charge in [-0.2, -0.15) is 0 Å². The third-order valence-corrected chi connectivity index (χ3v) is 1.82. The summed E-state index contributed by atoms with van der Waals surface area (Å²) in [5.74, 6) is -0.649. The Morgan fingerprint density at radius 1 is 1.32 bits per heavy atom. The van der Waals surface area contributed by atoms with Crippen molar-refractivity contribution in [1.82, 2.24) is 11.1 Å². The molecule has 0 aromatic carbocycles. The first-order valence-electron chi connectivity index (χ1n) is 5.61. The molecule has 0 unspecified atom stereocenters. The predicted octanol–water partition coefficient (Wildman–Crippen LogP) is 1.38. The summed E-state index contributed by atoms with van der Waals surface area (Å²) in [6, 6.07) is 1.09. The lowest BCUT2D eigenvalue weighted by molar-refractivity contribution is -0.742. The summed E-state index contributed by atoms with van der Waals surface area (Å²) in [5, 5.41) is 24.2. The van der Waals surface area contributed by atoms with Gasteiger partial charge < -0.3 is 20.8 Å². The molecule has 0 aliphatic carbocycles. The van der Waals surface area contributed by atoms with Crippen LogP contribution in [0.25, 0.3) is 0 Å². The van der Waals surface area contributed by atoms with Crippen molar-refractivity contribution in [3.63, 3.8) is 0 Å². The third kappa shape index (κ3) is 7.54. The molecular weight excluding hydrogens is 304 g/mol. The number of carbonyl (C=O) groups is 1. The second-order valence-corrected chi connectivity index (χ2v) is 3.19. The number of carbonyl (C=O) groups excluding carboxylic acids is 1. The van der Waals surface area contributed by atoms with Gasteiger partial charge in [-0.05, 0) is 13.8 Å². The summed E-state index contributed by atoms with van der Waals surface area (Å²) in [6.45, 7) is 3.84. The molecule has 1 aromatic heterocycles. The fourth-order valence-corrected chi connectivity index (χ4v) is 1.15. The van der Waals surface area contributed by atoms with Gasteiger partial charge in [0.25, 0.3) is 10.8 Å². The Hall–Kier alpha value is -3.02. The summed E-state index contributed by atoms with van der Waals surface area (Å²) < 4.78 is 9.87. The molecule has 0 saturated carbocycles. The molecule has 0 atom stereocenters. The van der Waals surface area contributed by atoms with Crippen molar-refractivity contribution in [2.45, 2.75) is 13.8 Å². The minimum Gasteiger partial charge on any atom is -0.477 e. The molecule has 0 bridgehead atoms. The van der Waals surface area contributed by atoms with Gasteiger partial charge in [0, 0.05) is 6.07 Å². The van der Waals surface area contributed by atoms with Gasteiger partial charge in [-0.25, -0.2) is 9.78 Å². The van der Waals surface area contributed by atoms with Crippen LogP contribution < -0.4 is 10.9 Å². The summed E-state index contributed by atoms with van der Waals surface area (Å²) >= 11 is 0. The van der Waals surface area contributed by atoms with E-state index < -0.39 is 16.0 Å². The molecule has 124 valence electrons. The van der Waals surface area contributed by atoms with Crippen molar-refractivity contribution in [3.05, 3.63) is 38.1 Å². The smallest absolute Gasteiger partial charge is 0.343 e. The van der Waals surface area contributed by atoms with Gasteiger partial charge in [0.05, 0.1) is 18.1 Å². The standard InChI is InChI=1S/C10H12N2O5.HNO3.H3N/c1-3-16-9-8(10(13)17-4-2)5-7(6-11-9)12(14)15;2-1(3)4;/h5-6H,3-4H2,1-2H3;(H,2,3,4);1H3. The van der Waals surface area contributed by atoms with E-state index in [4.69, 9.17) is 24.8 Å². The van der Waals surface area contributed by atoms with Gasteiger partial charge in [-0.3, -0.25) is 10.1 Å². The normalized spacial score (nSPS) is 8.64. The van der Waals surface area contributed by atoms with Crippen molar-refractivity contribution in [1.29, 1.82) is 0 Å². The predicted molar refractivity (Wildman–Crippen MR) is 71.8 cm³/mol. The molecule has 0 aliphatic heterocycles. The first kappa shape index (κ1) is 21.3. The lowest BCUT2D eigenvalue weighted by Gasteiger charge is -2.07.